The summed E-state index contributed by atoms with van der Waals surface area (Å²) < 4.78 is 12.0. The Labute approximate surface area is 411 Å². The van der Waals surface area contributed by atoms with Gasteiger partial charge in [0, 0.05) is 30.7 Å². The van der Waals surface area contributed by atoms with E-state index in [-0.39, 0.29) is 12.2 Å². The summed E-state index contributed by atoms with van der Waals surface area (Å²) in [6.07, 6.45) is 5.49. The van der Waals surface area contributed by atoms with Gasteiger partial charge in [-0.15, -0.1) is 0 Å². The van der Waals surface area contributed by atoms with E-state index in [0.717, 1.165) is 69.2 Å². The van der Waals surface area contributed by atoms with Gasteiger partial charge in [0.25, 0.3) is 0 Å². The molecule has 352 valence electrons. The maximum atomic E-state index is 12.3. The number of rotatable bonds is 4. The second kappa shape index (κ2) is 20.9. The summed E-state index contributed by atoms with van der Waals surface area (Å²) in [6.45, 7) is 14.5. The van der Waals surface area contributed by atoms with Crippen LogP contribution in [0.25, 0.3) is 33.4 Å². The fourth-order valence-corrected chi connectivity index (χ4v) is 10.0. The zero-order chi connectivity index (χ0) is 48.2. The van der Waals surface area contributed by atoms with Crippen LogP contribution < -0.4 is 5.46 Å². The number of benzene rings is 6. The first-order valence-corrected chi connectivity index (χ1v) is 24.9. The molecule has 0 atom stereocenters. The third kappa shape index (κ3) is 12.1. The molecular weight excluding hydrogens is 911 g/mol. The Morgan fingerprint density at radius 2 is 0.912 bits per heavy atom. The molecule has 4 aliphatic rings. The molecule has 10 rings (SSSR count). The normalized spacial score (nSPS) is 15.4. The zero-order valence-corrected chi connectivity index (χ0v) is 41.9. The number of carbonyl (C=O) groups is 2. The number of hydrogen-bond acceptors (Lipinski definition) is 6. The van der Waals surface area contributed by atoms with Crippen molar-refractivity contribution >= 4 is 40.7 Å². The van der Waals surface area contributed by atoms with E-state index in [4.69, 9.17) is 19.5 Å². The van der Waals surface area contributed by atoms with Crippen molar-refractivity contribution < 1.29 is 29.1 Å². The van der Waals surface area contributed by atoms with E-state index in [0.29, 0.717) is 17.3 Å². The highest BCUT2D eigenvalue weighted by atomic mass is 79.9. The van der Waals surface area contributed by atoms with Crippen LogP contribution in [0.3, 0.4) is 0 Å². The molecule has 10 heteroatoms. The van der Waals surface area contributed by atoms with Crippen LogP contribution >= 0.6 is 15.9 Å². The van der Waals surface area contributed by atoms with Gasteiger partial charge in [-0.3, -0.25) is 0 Å². The van der Waals surface area contributed by atoms with Crippen molar-refractivity contribution in [2.75, 3.05) is 26.2 Å². The third-order valence-corrected chi connectivity index (χ3v) is 13.8. The number of halogens is 1. The molecule has 0 bridgehead atoms. The van der Waals surface area contributed by atoms with Crippen molar-refractivity contribution in [3.63, 3.8) is 0 Å². The van der Waals surface area contributed by atoms with Gasteiger partial charge in [0.1, 0.15) is 11.2 Å². The topological polar surface area (TPSA) is 99.5 Å². The molecule has 2 N–H and O–H groups in total. The van der Waals surface area contributed by atoms with E-state index in [1.807, 2.05) is 75.6 Å². The first-order chi connectivity index (χ1) is 32.5. The van der Waals surface area contributed by atoms with Gasteiger partial charge >= 0.3 is 19.3 Å². The Morgan fingerprint density at radius 3 is 1.37 bits per heavy atom. The molecule has 0 unspecified atom stereocenters. The van der Waals surface area contributed by atoms with Gasteiger partial charge in [0.2, 0.25) is 0 Å². The average molecular weight is 976 g/mol. The lowest BCUT2D eigenvalue weighted by atomic mass is 9.79. The number of fused-ring (bicyclic) bond motifs is 6. The smallest absolute Gasteiger partial charge is 0.444 e. The standard InChI is InChI=1S/C29H31NO2.C16H22BrNO2.C13H11BO2/c1-29(2,3)32-28(31)30-16-14-22(15-17-30)20-8-10-21(11-9-20)23-12-13-27-25(18-23)19-24-6-4-5-7-26(24)27;1-16(2,3)20-15(19)18-10-8-13(9-11-18)12-4-6-14(17)7-5-12;15-14(16)11-5-6-13-10(8-11)7-9-3-1-2-4-12(9)13/h4-13,18,22H,14-17,19H2,1-3H3;4-7,13H,8-11H2,1-3H3;1-6,8,15-16H,7H2. The van der Waals surface area contributed by atoms with E-state index in [9.17, 15) is 9.59 Å². The number of nitrogens with zero attached hydrogens (tertiary/aromatic N) is 2. The van der Waals surface area contributed by atoms with E-state index in [1.165, 1.54) is 66.8 Å². The Kier molecular flexibility index (Phi) is 15.0. The predicted molar refractivity (Wildman–Crippen MR) is 278 cm³/mol. The van der Waals surface area contributed by atoms with Crippen LogP contribution in [-0.2, 0) is 22.3 Å². The van der Waals surface area contributed by atoms with Crippen LogP contribution in [-0.4, -0.2) is 76.5 Å². The minimum Gasteiger partial charge on any atom is -0.444 e. The molecule has 2 heterocycles. The number of carbonyl (C=O) groups excluding carboxylic acids is 2. The predicted octanol–water partition coefficient (Wildman–Crippen LogP) is 12.5. The van der Waals surface area contributed by atoms with Gasteiger partial charge in [-0.05, 0) is 176 Å². The van der Waals surface area contributed by atoms with Crippen LogP contribution in [0.2, 0.25) is 0 Å². The minimum absolute atomic E-state index is 0.188. The molecule has 0 spiro atoms. The number of hydrogen-bond donors (Lipinski definition) is 2. The maximum absolute atomic E-state index is 12.3. The van der Waals surface area contributed by atoms with Crippen molar-refractivity contribution in [1.82, 2.24) is 9.80 Å². The first-order valence-electron chi connectivity index (χ1n) is 24.1. The molecule has 0 radical (unpaired) electrons. The fraction of sp³-hybridized carbons (Fsp3) is 0.345. The molecule has 0 saturated carbocycles. The van der Waals surface area contributed by atoms with E-state index < -0.39 is 18.3 Å². The molecular formula is C58H64BBrN2O6. The second-order valence-corrected chi connectivity index (χ2v) is 21.4. The Bertz CT molecular complexity index is 2710. The minimum atomic E-state index is -1.38. The number of amides is 2. The molecule has 6 aromatic carbocycles. The van der Waals surface area contributed by atoms with Crippen LogP contribution in [0.1, 0.15) is 112 Å². The highest BCUT2D eigenvalue weighted by molar-refractivity contribution is 9.10. The Morgan fingerprint density at radius 1 is 0.515 bits per heavy atom. The lowest BCUT2D eigenvalue weighted by Gasteiger charge is -2.33. The summed E-state index contributed by atoms with van der Waals surface area (Å²) in [5, 5.41) is 18.3. The highest BCUT2D eigenvalue weighted by Gasteiger charge is 2.29. The van der Waals surface area contributed by atoms with Gasteiger partial charge in [0.05, 0.1) is 0 Å². The van der Waals surface area contributed by atoms with Gasteiger partial charge in [-0.1, -0.05) is 137 Å². The van der Waals surface area contributed by atoms with E-state index >= 15 is 0 Å². The molecule has 6 aromatic rings. The van der Waals surface area contributed by atoms with Gasteiger partial charge in [-0.25, -0.2) is 9.59 Å². The van der Waals surface area contributed by atoms with Crippen molar-refractivity contribution in [2.24, 2.45) is 0 Å². The monoisotopic (exact) mass is 974 g/mol. The molecule has 8 nitrogen and oxygen atoms in total. The van der Waals surface area contributed by atoms with Crippen LogP contribution in [0, 0.1) is 0 Å². The summed E-state index contributed by atoms with van der Waals surface area (Å²) in [6, 6.07) is 47.0. The SMILES string of the molecule is CC(C)(C)OC(=O)N1CCC(c2ccc(-c3ccc4c(c3)Cc3ccccc3-4)cc2)CC1.CC(C)(C)OC(=O)N1CCC(c2ccc(Br)cc2)CC1.OB(O)c1ccc2c(c1)Cc1ccccc1-2. The summed E-state index contributed by atoms with van der Waals surface area (Å²) in [4.78, 5) is 28.0. The summed E-state index contributed by atoms with van der Waals surface area (Å²) in [7, 11) is -1.38. The van der Waals surface area contributed by atoms with E-state index in [1.54, 1.807) is 6.07 Å². The molecule has 2 amide bonds. The Hall–Kier alpha value is -5.68. The Balaban J connectivity index is 0.000000149. The molecule has 2 fully saturated rings. The van der Waals surface area contributed by atoms with Crippen LogP contribution in [0.5, 0.6) is 0 Å². The molecule has 2 aliphatic heterocycles. The second-order valence-electron chi connectivity index (χ2n) is 20.5. The zero-order valence-electron chi connectivity index (χ0n) is 40.3. The maximum Gasteiger partial charge on any atom is 0.488 e. The van der Waals surface area contributed by atoms with E-state index in [2.05, 4.69) is 119 Å². The van der Waals surface area contributed by atoms with Crippen LogP contribution in [0.4, 0.5) is 9.59 Å². The number of ether oxygens (including phenoxy) is 2. The average Bonchev–Trinajstić information content (AvgIpc) is 3.89. The summed E-state index contributed by atoms with van der Waals surface area (Å²) >= 11 is 3.46. The van der Waals surface area contributed by atoms with Gasteiger partial charge in [-0.2, -0.15) is 0 Å². The molecule has 68 heavy (non-hydrogen) atoms. The van der Waals surface area contributed by atoms with Crippen molar-refractivity contribution in [3.8, 4) is 33.4 Å². The largest absolute Gasteiger partial charge is 0.488 e. The van der Waals surface area contributed by atoms with Crippen molar-refractivity contribution in [2.45, 2.75) is 103 Å². The summed E-state index contributed by atoms with van der Waals surface area (Å²) in [5.41, 5.74) is 15.5. The summed E-state index contributed by atoms with van der Waals surface area (Å²) in [5.74, 6) is 1.04. The van der Waals surface area contributed by atoms with Gasteiger partial charge < -0.3 is 29.3 Å². The van der Waals surface area contributed by atoms with Crippen molar-refractivity contribution in [1.29, 1.82) is 0 Å². The van der Waals surface area contributed by atoms with Crippen LogP contribution in [0.15, 0.2) is 138 Å². The quantitative estimate of drug-likeness (QED) is 0.170. The molecule has 2 aliphatic carbocycles. The molecule has 2 saturated heterocycles. The number of likely N-dealkylation sites (tertiary alicyclic amines) is 2. The van der Waals surface area contributed by atoms with Gasteiger partial charge in [0.15, 0.2) is 0 Å². The number of piperidine rings is 2. The fourth-order valence-electron chi connectivity index (χ4n) is 9.78. The van der Waals surface area contributed by atoms with Crippen molar-refractivity contribution in [3.05, 3.63) is 171 Å². The lowest BCUT2D eigenvalue weighted by molar-refractivity contribution is 0.0194. The third-order valence-electron chi connectivity index (χ3n) is 13.3. The first kappa shape index (κ1) is 48.8. The highest BCUT2D eigenvalue weighted by Crippen LogP contribution is 2.40. The molecule has 0 aromatic heterocycles. The lowest BCUT2D eigenvalue weighted by Crippen LogP contribution is -2.41.